The minimum atomic E-state index is -0.511. The molecule has 1 fully saturated rings. The van der Waals surface area contributed by atoms with Crippen LogP contribution in [0.15, 0.2) is 29.5 Å². The van der Waals surface area contributed by atoms with Gasteiger partial charge < -0.3 is 20.1 Å². The van der Waals surface area contributed by atoms with Gasteiger partial charge in [-0.25, -0.2) is 0 Å². The number of carbonyl (C=O) groups excluding carboxylic acids is 2. The van der Waals surface area contributed by atoms with E-state index in [0.717, 1.165) is 18.7 Å². The lowest BCUT2D eigenvalue weighted by molar-refractivity contribution is -0.128. The summed E-state index contributed by atoms with van der Waals surface area (Å²) in [5.41, 5.74) is 0.855. The molecule has 2 N–H and O–H groups in total. The average molecular weight is 414 g/mol. The molecule has 2 aliphatic heterocycles. The number of amides is 2. The molecule has 27 heavy (non-hydrogen) atoms. The van der Waals surface area contributed by atoms with Crippen LogP contribution in [-0.4, -0.2) is 72.7 Å². The maximum atomic E-state index is 12.4. The second kappa shape index (κ2) is 8.93. The van der Waals surface area contributed by atoms with Crippen LogP contribution in [0.4, 0.5) is 0 Å². The molecule has 2 heterocycles. The van der Waals surface area contributed by atoms with Gasteiger partial charge in [-0.1, -0.05) is 29.3 Å². The molecular formula is C18H21Cl2N3O4. The van der Waals surface area contributed by atoms with E-state index in [4.69, 9.17) is 27.9 Å². The molecule has 1 saturated heterocycles. The Morgan fingerprint density at radius 1 is 1.19 bits per heavy atom. The van der Waals surface area contributed by atoms with Gasteiger partial charge in [0.25, 0.3) is 11.8 Å². The third kappa shape index (κ3) is 4.93. The lowest BCUT2D eigenvalue weighted by Crippen LogP contribution is -2.42. The quantitative estimate of drug-likeness (QED) is 0.739. The topological polar surface area (TPSA) is 82.1 Å². The molecule has 1 aromatic rings. The standard InChI is InChI=1S/C18H21Cl2N3O4/c19-14-2-1-12(9-15(14)20)10-21-17(25)13-11-23(18(26)16(13)24)4-3-22-5-7-27-8-6-22/h1-2,9,24H,3-8,10-11H2,(H,21,25). The predicted molar refractivity (Wildman–Crippen MR) is 102 cm³/mol. The van der Waals surface area contributed by atoms with E-state index >= 15 is 0 Å². The molecule has 3 rings (SSSR count). The summed E-state index contributed by atoms with van der Waals surface area (Å²) >= 11 is 11.8. The van der Waals surface area contributed by atoms with Crippen LogP contribution < -0.4 is 5.32 Å². The number of halogens is 2. The highest BCUT2D eigenvalue weighted by molar-refractivity contribution is 6.42. The first-order valence-electron chi connectivity index (χ1n) is 8.69. The number of nitrogens with zero attached hydrogens (tertiary/aromatic N) is 2. The van der Waals surface area contributed by atoms with E-state index in [9.17, 15) is 14.7 Å². The van der Waals surface area contributed by atoms with Crippen molar-refractivity contribution in [2.45, 2.75) is 6.54 Å². The Labute approximate surface area is 167 Å². The first kappa shape index (κ1) is 19.9. The number of carbonyl (C=O) groups is 2. The van der Waals surface area contributed by atoms with E-state index in [1.54, 1.807) is 18.2 Å². The van der Waals surface area contributed by atoms with Gasteiger partial charge in [-0.2, -0.15) is 0 Å². The molecule has 146 valence electrons. The van der Waals surface area contributed by atoms with E-state index < -0.39 is 17.6 Å². The van der Waals surface area contributed by atoms with E-state index in [1.807, 2.05) is 0 Å². The van der Waals surface area contributed by atoms with Crippen LogP contribution in [0.1, 0.15) is 5.56 Å². The highest BCUT2D eigenvalue weighted by Crippen LogP contribution is 2.23. The Balaban J connectivity index is 1.53. The molecule has 2 aliphatic rings. The number of ether oxygens (including phenoxy) is 1. The van der Waals surface area contributed by atoms with E-state index in [-0.39, 0.29) is 18.7 Å². The third-order valence-corrected chi connectivity index (χ3v) is 5.36. The SMILES string of the molecule is O=C(NCc1ccc(Cl)c(Cl)c1)C1=C(O)C(=O)N(CCN2CCOCC2)C1. The number of nitrogens with one attached hydrogen (secondary N) is 1. The molecule has 9 heteroatoms. The van der Waals surface area contributed by atoms with Crippen molar-refractivity contribution in [2.24, 2.45) is 0 Å². The van der Waals surface area contributed by atoms with Crippen LogP contribution in [-0.2, 0) is 20.9 Å². The zero-order chi connectivity index (χ0) is 19.4. The summed E-state index contributed by atoms with van der Waals surface area (Å²) in [5.74, 6) is -1.47. The lowest BCUT2D eigenvalue weighted by atomic mass is 10.2. The summed E-state index contributed by atoms with van der Waals surface area (Å²) in [5, 5.41) is 13.6. The van der Waals surface area contributed by atoms with Gasteiger partial charge in [0.05, 0.1) is 35.4 Å². The lowest BCUT2D eigenvalue weighted by Gasteiger charge is -2.28. The Hall–Kier alpha value is -1.80. The Kier molecular flexibility index (Phi) is 6.59. The number of morpholine rings is 1. The molecule has 1 aromatic carbocycles. The molecule has 7 nitrogen and oxygen atoms in total. The number of hydrogen-bond donors (Lipinski definition) is 2. The summed E-state index contributed by atoms with van der Waals surface area (Å²) in [6.07, 6.45) is 0. The van der Waals surface area contributed by atoms with Crippen molar-refractivity contribution in [1.29, 1.82) is 0 Å². The van der Waals surface area contributed by atoms with Gasteiger partial charge in [0.2, 0.25) is 0 Å². The van der Waals surface area contributed by atoms with Crippen LogP contribution in [0.5, 0.6) is 0 Å². The van der Waals surface area contributed by atoms with Crippen molar-refractivity contribution in [2.75, 3.05) is 45.9 Å². The Morgan fingerprint density at radius 3 is 2.63 bits per heavy atom. The fraction of sp³-hybridized carbons (Fsp3) is 0.444. The van der Waals surface area contributed by atoms with E-state index in [2.05, 4.69) is 10.2 Å². The summed E-state index contributed by atoms with van der Waals surface area (Å²) in [6, 6.07) is 5.05. The molecule has 0 aromatic heterocycles. The van der Waals surface area contributed by atoms with Gasteiger partial charge in [0.1, 0.15) is 0 Å². The molecular weight excluding hydrogens is 393 g/mol. The van der Waals surface area contributed by atoms with Crippen molar-refractivity contribution >= 4 is 35.0 Å². The highest BCUT2D eigenvalue weighted by atomic mass is 35.5. The largest absolute Gasteiger partial charge is 0.503 e. The smallest absolute Gasteiger partial charge is 0.289 e. The zero-order valence-electron chi connectivity index (χ0n) is 14.7. The summed E-state index contributed by atoms with van der Waals surface area (Å²) in [7, 11) is 0. The molecule has 0 unspecified atom stereocenters. The molecule has 0 spiro atoms. The second-order valence-electron chi connectivity index (χ2n) is 6.44. The van der Waals surface area contributed by atoms with Gasteiger partial charge >= 0.3 is 0 Å². The van der Waals surface area contributed by atoms with Crippen LogP contribution in [0.3, 0.4) is 0 Å². The highest BCUT2D eigenvalue weighted by Gasteiger charge is 2.33. The first-order chi connectivity index (χ1) is 13.0. The minimum Gasteiger partial charge on any atom is -0.503 e. The van der Waals surface area contributed by atoms with Gasteiger partial charge in [-0.15, -0.1) is 0 Å². The predicted octanol–water partition coefficient (Wildman–Crippen LogP) is 1.60. The van der Waals surface area contributed by atoms with Crippen molar-refractivity contribution < 1.29 is 19.4 Å². The van der Waals surface area contributed by atoms with Crippen LogP contribution in [0.25, 0.3) is 0 Å². The summed E-state index contributed by atoms with van der Waals surface area (Å²) < 4.78 is 5.30. The number of aliphatic hydroxyl groups is 1. The fourth-order valence-electron chi connectivity index (χ4n) is 3.00. The molecule has 0 atom stereocenters. The number of benzene rings is 1. The molecule has 2 amide bonds. The molecule has 0 saturated carbocycles. The van der Waals surface area contributed by atoms with Gasteiger partial charge in [0.15, 0.2) is 5.76 Å². The van der Waals surface area contributed by atoms with Crippen molar-refractivity contribution in [3.8, 4) is 0 Å². The fourth-order valence-corrected chi connectivity index (χ4v) is 3.32. The maximum Gasteiger partial charge on any atom is 0.289 e. The van der Waals surface area contributed by atoms with Crippen molar-refractivity contribution in [3.05, 3.63) is 45.1 Å². The van der Waals surface area contributed by atoms with Crippen molar-refractivity contribution in [3.63, 3.8) is 0 Å². The number of aliphatic hydroxyl groups excluding tert-OH is 1. The second-order valence-corrected chi connectivity index (χ2v) is 7.25. The summed E-state index contributed by atoms with van der Waals surface area (Å²) in [6.45, 7) is 4.44. The average Bonchev–Trinajstić information content (AvgIpc) is 2.96. The van der Waals surface area contributed by atoms with Gasteiger partial charge in [0, 0.05) is 32.7 Å². The molecule has 0 bridgehead atoms. The normalized spacial score (nSPS) is 18.3. The number of rotatable bonds is 6. The summed E-state index contributed by atoms with van der Waals surface area (Å²) in [4.78, 5) is 28.3. The van der Waals surface area contributed by atoms with Crippen LogP contribution in [0.2, 0.25) is 10.0 Å². The first-order valence-corrected chi connectivity index (χ1v) is 9.45. The van der Waals surface area contributed by atoms with E-state index in [0.29, 0.717) is 36.3 Å². The van der Waals surface area contributed by atoms with E-state index in [1.165, 1.54) is 4.90 Å². The van der Waals surface area contributed by atoms with Gasteiger partial charge in [-0.3, -0.25) is 14.5 Å². The van der Waals surface area contributed by atoms with Gasteiger partial charge in [-0.05, 0) is 17.7 Å². The third-order valence-electron chi connectivity index (χ3n) is 4.63. The minimum absolute atomic E-state index is 0.0852. The monoisotopic (exact) mass is 413 g/mol. The molecule has 0 radical (unpaired) electrons. The number of hydrogen-bond acceptors (Lipinski definition) is 5. The van der Waals surface area contributed by atoms with Crippen molar-refractivity contribution in [1.82, 2.24) is 15.1 Å². The maximum absolute atomic E-state index is 12.4. The molecule has 0 aliphatic carbocycles. The van der Waals surface area contributed by atoms with Crippen LogP contribution >= 0.6 is 23.2 Å². The Morgan fingerprint density at radius 2 is 1.93 bits per heavy atom. The Bertz CT molecular complexity index is 763. The zero-order valence-corrected chi connectivity index (χ0v) is 16.2. The van der Waals surface area contributed by atoms with Crippen LogP contribution in [0, 0.1) is 0 Å².